The predicted octanol–water partition coefficient (Wildman–Crippen LogP) is 5.12. The highest BCUT2D eigenvalue weighted by Gasteiger charge is 2.10. The highest BCUT2D eigenvalue weighted by molar-refractivity contribution is 6.04. The van der Waals surface area contributed by atoms with E-state index in [1.54, 1.807) is 0 Å². The lowest BCUT2D eigenvalue weighted by Gasteiger charge is -1.85. The van der Waals surface area contributed by atoms with Crippen LogP contribution in [0.5, 0.6) is 0 Å². The van der Waals surface area contributed by atoms with Crippen LogP contribution in [0.15, 0.2) is 73.4 Å². The Kier molecular flexibility index (Phi) is 14.0. The molecular weight excluding hydrogens is 288 g/mol. The number of rotatable bonds is 1. The molecule has 0 fully saturated rings. The van der Waals surface area contributed by atoms with Gasteiger partial charge in [-0.2, -0.15) is 0 Å². The summed E-state index contributed by atoms with van der Waals surface area (Å²) in [6, 6.07) is 10.0. The molecule has 1 heterocycles. The third-order valence-electron chi connectivity index (χ3n) is 1.59. The molecule has 0 unspecified atom stereocenters. The van der Waals surface area contributed by atoms with E-state index in [0.717, 1.165) is 12.2 Å². The van der Waals surface area contributed by atoms with E-state index in [2.05, 4.69) is 24.5 Å². The minimum atomic E-state index is -0.579. The van der Waals surface area contributed by atoms with Crippen LogP contribution < -0.4 is 0 Å². The van der Waals surface area contributed by atoms with Gasteiger partial charge in [-0.15, -0.1) is 13.2 Å². The first-order valence-electron chi connectivity index (χ1n) is 7.04. The van der Waals surface area contributed by atoms with Gasteiger partial charge in [0.1, 0.15) is 0 Å². The van der Waals surface area contributed by atoms with Gasteiger partial charge in [0, 0.05) is 12.2 Å². The Morgan fingerprint density at radius 1 is 0.870 bits per heavy atom. The van der Waals surface area contributed by atoms with Crippen LogP contribution in [-0.4, -0.2) is 11.9 Å². The molecule has 1 aliphatic heterocycles. The zero-order valence-corrected chi connectivity index (χ0v) is 14.5. The highest BCUT2D eigenvalue weighted by atomic mass is 16.6. The van der Waals surface area contributed by atoms with Crippen molar-refractivity contribution in [2.45, 2.75) is 27.7 Å². The Morgan fingerprint density at radius 2 is 1.22 bits per heavy atom. The number of ether oxygens (including phenoxy) is 1. The molecule has 1 aromatic rings. The number of esters is 2. The van der Waals surface area contributed by atoms with Crippen molar-refractivity contribution in [1.29, 1.82) is 0 Å². The van der Waals surface area contributed by atoms with Crippen molar-refractivity contribution in [1.82, 2.24) is 0 Å². The number of hydrogen-bond donors (Lipinski definition) is 0. The van der Waals surface area contributed by atoms with Gasteiger partial charge in [0.05, 0.1) is 0 Å². The third-order valence-corrected chi connectivity index (χ3v) is 1.59. The first-order valence-corrected chi connectivity index (χ1v) is 7.04. The average Bonchev–Trinajstić information content (AvgIpc) is 2.83. The molecule has 3 nitrogen and oxygen atoms in total. The van der Waals surface area contributed by atoms with Crippen LogP contribution in [0.3, 0.4) is 0 Å². The molecule has 0 aromatic heterocycles. The second-order valence-electron chi connectivity index (χ2n) is 5.10. The molecule has 1 aromatic carbocycles. The molecule has 0 saturated heterocycles. The van der Waals surface area contributed by atoms with Crippen molar-refractivity contribution < 1.29 is 14.3 Å². The van der Waals surface area contributed by atoms with Crippen molar-refractivity contribution in [2.75, 3.05) is 0 Å². The Bertz CT molecular complexity index is 516. The molecule has 1 aliphatic rings. The molecule has 0 atom stereocenters. The lowest BCUT2D eigenvalue weighted by Crippen LogP contribution is -1.96. The van der Waals surface area contributed by atoms with Gasteiger partial charge in [-0.1, -0.05) is 54.1 Å². The number of cyclic esters (lactones) is 2. The van der Waals surface area contributed by atoms with E-state index in [9.17, 15) is 9.59 Å². The van der Waals surface area contributed by atoms with Crippen LogP contribution in [0.1, 0.15) is 33.3 Å². The normalized spacial score (nSPS) is 10.6. The summed E-state index contributed by atoms with van der Waals surface area (Å²) in [4.78, 5) is 19.8. The lowest BCUT2D eigenvalue weighted by atomic mass is 10.2. The number of carbonyl (C=O) groups is 2. The largest absolute Gasteiger partial charge is 0.387 e. The summed E-state index contributed by atoms with van der Waals surface area (Å²) in [5.41, 5.74) is 3.51. The summed E-state index contributed by atoms with van der Waals surface area (Å²) in [5, 5.41) is 0. The Hall–Kier alpha value is -2.68. The SMILES string of the molecule is C=C(C)C.C=C(C)C.C=Cc1ccccc1.O=C1C=CC(=O)O1. The fourth-order valence-electron chi connectivity index (χ4n) is 0.892. The second-order valence-corrected chi connectivity index (χ2v) is 5.10. The molecule has 0 aliphatic carbocycles. The van der Waals surface area contributed by atoms with Crippen LogP contribution >= 0.6 is 0 Å². The molecule has 2 rings (SSSR count). The molecule has 3 heteroatoms. The molecule has 23 heavy (non-hydrogen) atoms. The number of carbonyl (C=O) groups excluding carboxylic acids is 2. The molecular formula is C20H26O3. The van der Waals surface area contributed by atoms with Gasteiger partial charge < -0.3 is 4.74 Å². The predicted molar refractivity (Wildman–Crippen MR) is 97.7 cm³/mol. The fourth-order valence-corrected chi connectivity index (χ4v) is 0.892. The molecule has 0 bridgehead atoms. The van der Waals surface area contributed by atoms with E-state index in [1.165, 1.54) is 16.7 Å². The summed E-state index contributed by atoms with van der Waals surface area (Å²) in [7, 11) is 0. The summed E-state index contributed by atoms with van der Waals surface area (Å²) >= 11 is 0. The molecule has 0 saturated carbocycles. The van der Waals surface area contributed by atoms with Crippen molar-refractivity contribution >= 4 is 18.0 Å². The minimum Gasteiger partial charge on any atom is -0.387 e. The lowest BCUT2D eigenvalue weighted by molar-refractivity contribution is -0.150. The topological polar surface area (TPSA) is 43.4 Å². The number of hydrogen-bond acceptors (Lipinski definition) is 3. The van der Waals surface area contributed by atoms with E-state index >= 15 is 0 Å². The fraction of sp³-hybridized carbons (Fsp3) is 0.200. The summed E-state index contributed by atoms with van der Waals surface area (Å²) in [6.07, 6.45) is 4.00. The van der Waals surface area contributed by atoms with E-state index in [-0.39, 0.29) is 0 Å². The second kappa shape index (κ2) is 14.3. The van der Waals surface area contributed by atoms with Gasteiger partial charge in [0.25, 0.3) is 0 Å². The van der Waals surface area contributed by atoms with Crippen LogP contribution in [0.4, 0.5) is 0 Å². The van der Waals surface area contributed by atoms with Crippen molar-refractivity contribution in [3.63, 3.8) is 0 Å². The van der Waals surface area contributed by atoms with Gasteiger partial charge in [-0.05, 0) is 33.3 Å². The van der Waals surface area contributed by atoms with Crippen LogP contribution in [0.25, 0.3) is 6.08 Å². The first-order chi connectivity index (χ1) is 10.7. The van der Waals surface area contributed by atoms with Gasteiger partial charge in [0.15, 0.2) is 0 Å². The van der Waals surface area contributed by atoms with E-state index in [0.29, 0.717) is 0 Å². The minimum absolute atomic E-state index is 0.579. The Labute approximate surface area is 139 Å². The molecule has 0 spiro atoms. The Morgan fingerprint density at radius 3 is 1.39 bits per heavy atom. The zero-order chi connectivity index (χ0) is 18.3. The maximum Gasteiger partial charge on any atom is 0.338 e. The quantitative estimate of drug-likeness (QED) is 0.410. The number of allylic oxidation sites excluding steroid dienone is 2. The van der Waals surface area contributed by atoms with E-state index in [4.69, 9.17) is 0 Å². The monoisotopic (exact) mass is 314 g/mol. The molecule has 0 amide bonds. The number of benzene rings is 1. The highest BCUT2D eigenvalue weighted by Crippen LogP contribution is 1.97. The zero-order valence-electron chi connectivity index (χ0n) is 14.5. The van der Waals surface area contributed by atoms with Gasteiger partial charge in [-0.3, -0.25) is 0 Å². The van der Waals surface area contributed by atoms with Gasteiger partial charge >= 0.3 is 11.9 Å². The van der Waals surface area contributed by atoms with Crippen LogP contribution in [0, 0.1) is 0 Å². The van der Waals surface area contributed by atoms with Crippen molar-refractivity contribution in [3.8, 4) is 0 Å². The molecule has 0 N–H and O–H groups in total. The summed E-state index contributed by atoms with van der Waals surface area (Å²) in [5.74, 6) is -1.16. The van der Waals surface area contributed by atoms with E-state index in [1.807, 2.05) is 64.1 Å². The smallest absolute Gasteiger partial charge is 0.338 e. The van der Waals surface area contributed by atoms with Gasteiger partial charge in [0.2, 0.25) is 0 Å². The van der Waals surface area contributed by atoms with Crippen LogP contribution in [-0.2, 0) is 14.3 Å². The van der Waals surface area contributed by atoms with Crippen molar-refractivity contribution in [3.05, 3.63) is 78.9 Å². The summed E-state index contributed by atoms with van der Waals surface area (Å²) in [6.45, 7) is 18.6. The molecule has 124 valence electrons. The maximum atomic E-state index is 9.92. The Balaban J connectivity index is 0. The molecule has 0 radical (unpaired) electrons. The summed E-state index contributed by atoms with van der Waals surface area (Å²) < 4.78 is 3.97. The maximum absolute atomic E-state index is 9.92. The van der Waals surface area contributed by atoms with E-state index < -0.39 is 11.9 Å². The standard InChI is InChI=1S/C8H8.C4H2O3.2C4H8/c1-2-8-6-4-3-5-7-8;5-3-1-2-4(6)7-3;2*1-4(2)3/h2-7H,1H2;1-2H;2*1H2,2-3H3. The van der Waals surface area contributed by atoms with Gasteiger partial charge in [-0.25, -0.2) is 9.59 Å². The van der Waals surface area contributed by atoms with Crippen molar-refractivity contribution in [2.24, 2.45) is 0 Å². The van der Waals surface area contributed by atoms with Crippen LogP contribution in [0.2, 0.25) is 0 Å². The average molecular weight is 314 g/mol. The third kappa shape index (κ3) is 21.8. The first kappa shape index (κ1) is 22.6.